The van der Waals surface area contributed by atoms with E-state index in [0.29, 0.717) is 0 Å². The summed E-state index contributed by atoms with van der Waals surface area (Å²) < 4.78 is 38.6. The zero-order valence-corrected chi connectivity index (χ0v) is 14.5. The third kappa shape index (κ3) is 3.16. The predicted octanol–water partition coefficient (Wildman–Crippen LogP) is 0.330. The van der Waals surface area contributed by atoms with Crippen molar-refractivity contribution >= 4 is 25.0 Å². The van der Waals surface area contributed by atoms with E-state index >= 15 is 0 Å². The number of nitrogens with zero attached hydrogens (tertiary/aromatic N) is 2. The van der Waals surface area contributed by atoms with Crippen LogP contribution in [-0.4, -0.2) is 38.0 Å². The maximum Gasteiger partial charge on any atom is 0.367 e. The third-order valence-electron chi connectivity index (χ3n) is 4.19. The molecule has 1 aliphatic heterocycles. The molecular formula is C14H16F2N5O5P. The average molecular weight is 403 g/mol. The number of hydrogen-bond acceptors (Lipinski definition) is 7. The van der Waals surface area contributed by atoms with Crippen molar-refractivity contribution in [3.63, 3.8) is 0 Å². The van der Waals surface area contributed by atoms with Crippen LogP contribution in [0, 0.1) is 0 Å². The van der Waals surface area contributed by atoms with Gasteiger partial charge in [0.25, 0.3) is 17.3 Å². The number of rotatable bonds is 5. The van der Waals surface area contributed by atoms with E-state index in [2.05, 4.69) is 15.3 Å². The quantitative estimate of drug-likeness (QED) is 0.386. The number of aliphatic hydroxyl groups is 1. The lowest BCUT2D eigenvalue weighted by molar-refractivity contribution is -0.0568. The van der Waals surface area contributed by atoms with Gasteiger partial charge in [0.05, 0.1) is 6.67 Å². The van der Waals surface area contributed by atoms with E-state index in [1.165, 1.54) is 23.1 Å². The van der Waals surface area contributed by atoms with Gasteiger partial charge in [-0.05, 0) is 5.56 Å². The fourth-order valence-corrected chi connectivity index (χ4v) is 3.66. The molecule has 0 bridgehead atoms. The third-order valence-corrected chi connectivity index (χ3v) is 5.51. The fraction of sp³-hybridized carbons (Fsp3) is 0.286. The Kier molecular flexibility index (Phi) is 4.68. The van der Waals surface area contributed by atoms with E-state index in [4.69, 9.17) is 5.73 Å². The highest BCUT2D eigenvalue weighted by Gasteiger charge is 2.56. The first-order valence-electron chi connectivity index (χ1n) is 7.59. The van der Waals surface area contributed by atoms with E-state index in [9.17, 15) is 33.0 Å². The highest BCUT2D eigenvalue weighted by Crippen LogP contribution is 2.59. The molecule has 0 fully saturated rings. The highest BCUT2D eigenvalue weighted by atomic mass is 31.2. The molecule has 0 spiro atoms. The van der Waals surface area contributed by atoms with Crippen LogP contribution in [0.3, 0.4) is 0 Å². The number of nitrogen functional groups attached to an aromatic ring is 1. The average Bonchev–Trinajstić information content (AvgIpc) is 2.96. The van der Waals surface area contributed by atoms with Crippen LogP contribution in [0.25, 0.3) is 0 Å². The second kappa shape index (κ2) is 6.57. The molecule has 2 heterocycles. The van der Waals surface area contributed by atoms with Gasteiger partial charge in [0, 0.05) is 12.1 Å². The molecule has 0 amide bonds. The summed E-state index contributed by atoms with van der Waals surface area (Å²) in [7, 11) is -5.64. The molecule has 0 aliphatic carbocycles. The van der Waals surface area contributed by atoms with Crippen molar-refractivity contribution in [3.05, 3.63) is 45.7 Å². The lowest BCUT2D eigenvalue weighted by Crippen LogP contribution is -2.36. The lowest BCUT2D eigenvalue weighted by atomic mass is 10.0. The number of fused-ring (bicyclic) bond motifs is 1. The van der Waals surface area contributed by atoms with E-state index in [0.717, 1.165) is 6.07 Å². The van der Waals surface area contributed by atoms with Crippen molar-refractivity contribution in [1.29, 1.82) is 0 Å². The van der Waals surface area contributed by atoms with Gasteiger partial charge in [-0.1, -0.05) is 24.3 Å². The van der Waals surface area contributed by atoms with Crippen LogP contribution >= 0.6 is 7.60 Å². The minimum absolute atomic E-state index is 0.0268. The minimum Gasteiger partial charge on any atom is -0.369 e. The second-order valence-electron chi connectivity index (χ2n) is 5.91. The van der Waals surface area contributed by atoms with Gasteiger partial charge in [-0.15, -0.1) is 0 Å². The fourth-order valence-electron chi connectivity index (χ4n) is 2.87. The molecule has 0 saturated carbocycles. The van der Waals surface area contributed by atoms with Crippen LogP contribution in [0.15, 0.2) is 29.1 Å². The number of H-pyrrole nitrogens is 1. The summed E-state index contributed by atoms with van der Waals surface area (Å²) in [6.07, 6.45) is -3.74. The first kappa shape index (κ1) is 19.2. The number of aromatic amines is 1. The topological polar surface area (TPSA) is 165 Å². The summed E-state index contributed by atoms with van der Waals surface area (Å²) in [5.74, 6) is 0.00265. The predicted molar refractivity (Wildman–Crippen MR) is 92.3 cm³/mol. The van der Waals surface area contributed by atoms with Gasteiger partial charge in [-0.2, -0.15) is 4.98 Å². The Hall–Kier alpha value is -2.53. The number of anilines is 3. The molecule has 7 N–H and O–H groups in total. The molecule has 1 aromatic heterocycles. The van der Waals surface area contributed by atoms with Gasteiger partial charge in [0.1, 0.15) is 5.69 Å². The van der Waals surface area contributed by atoms with E-state index in [-0.39, 0.29) is 36.2 Å². The number of hydrogen-bond donors (Lipinski definition) is 6. The number of nitrogens with two attached hydrogens (primary N) is 1. The van der Waals surface area contributed by atoms with Crippen LogP contribution in [0.5, 0.6) is 0 Å². The van der Waals surface area contributed by atoms with Crippen LogP contribution in [0.2, 0.25) is 0 Å². The molecule has 27 heavy (non-hydrogen) atoms. The van der Waals surface area contributed by atoms with E-state index in [1.807, 2.05) is 0 Å². The standard InChI is InChI=1S/C14H16F2N5O5P/c15-12(16)14(23,27(24,25)26)8-4-2-1-3-7(8)5-21-6-18-9-10(21)19-13(17)20-11(9)22/h1-4,12,18,23H,5-6H2,(H2,24,25,26)(H3,17,19,20,22). The summed E-state index contributed by atoms with van der Waals surface area (Å²) in [5, 5.41) is 9.31. The number of alkyl halides is 2. The van der Waals surface area contributed by atoms with Crippen molar-refractivity contribution in [1.82, 2.24) is 9.97 Å². The van der Waals surface area contributed by atoms with Crippen molar-refractivity contribution in [2.24, 2.45) is 0 Å². The molecule has 146 valence electrons. The van der Waals surface area contributed by atoms with Gasteiger partial charge in [0.2, 0.25) is 5.95 Å². The normalized spacial score (nSPS) is 16.1. The maximum absolute atomic E-state index is 13.5. The molecule has 0 radical (unpaired) electrons. The SMILES string of the molecule is Nc1nc2c(c(=O)[nH]1)NCN2Cc1ccccc1C(O)(C(F)F)P(=O)(O)O. The molecule has 13 heteroatoms. The van der Waals surface area contributed by atoms with Crippen LogP contribution in [0.1, 0.15) is 11.1 Å². The number of aromatic nitrogens is 2. The Labute approximate surface area is 150 Å². The molecule has 1 aromatic carbocycles. The van der Waals surface area contributed by atoms with E-state index in [1.54, 1.807) is 0 Å². The number of nitrogens with one attached hydrogen (secondary N) is 2. The largest absolute Gasteiger partial charge is 0.369 e. The van der Waals surface area contributed by atoms with Gasteiger partial charge in [-0.25, -0.2) is 8.78 Å². The smallest absolute Gasteiger partial charge is 0.367 e. The Bertz CT molecular complexity index is 981. The first-order chi connectivity index (χ1) is 12.6. The summed E-state index contributed by atoms with van der Waals surface area (Å²) in [6, 6.07) is 5.10. The summed E-state index contributed by atoms with van der Waals surface area (Å²) >= 11 is 0. The molecule has 10 nitrogen and oxygen atoms in total. The molecule has 3 rings (SSSR count). The summed E-state index contributed by atoms with van der Waals surface area (Å²) in [4.78, 5) is 38.3. The zero-order valence-electron chi connectivity index (χ0n) is 13.6. The van der Waals surface area contributed by atoms with Crippen molar-refractivity contribution in [2.45, 2.75) is 18.3 Å². The van der Waals surface area contributed by atoms with E-state index < -0.39 is 30.5 Å². The maximum atomic E-state index is 13.5. The van der Waals surface area contributed by atoms with Crippen molar-refractivity contribution in [3.8, 4) is 0 Å². The highest BCUT2D eigenvalue weighted by molar-refractivity contribution is 7.52. The Morgan fingerprint density at radius 1 is 1.37 bits per heavy atom. The number of benzene rings is 1. The van der Waals surface area contributed by atoms with Gasteiger partial charge in [0.15, 0.2) is 5.82 Å². The van der Waals surface area contributed by atoms with Gasteiger partial charge >= 0.3 is 7.60 Å². The Balaban J connectivity index is 2.05. The van der Waals surface area contributed by atoms with Gasteiger partial charge < -0.3 is 30.8 Å². The molecule has 1 atom stereocenters. The molecule has 0 saturated heterocycles. The van der Waals surface area contributed by atoms with Gasteiger partial charge in [-0.3, -0.25) is 14.3 Å². The van der Waals surface area contributed by atoms with Crippen LogP contribution in [0.4, 0.5) is 26.2 Å². The zero-order chi connectivity index (χ0) is 20.0. The second-order valence-corrected chi connectivity index (χ2v) is 7.68. The molecular weight excluding hydrogens is 387 g/mol. The molecule has 1 aliphatic rings. The van der Waals surface area contributed by atoms with Crippen LogP contribution < -0.4 is 21.5 Å². The van der Waals surface area contributed by atoms with Crippen molar-refractivity contribution < 1.29 is 28.2 Å². The van der Waals surface area contributed by atoms with Crippen LogP contribution in [-0.2, 0) is 16.5 Å². The lowest BCUT2D eigenvalue weighted by Gasteiger charge is -2.31. The summed E-state index contributed by atoms with van der Waals surface area (Å²) in [5.41, 5.74) is 4.54. The monoisotopic (exact) mass is 403 g/mol. The summed E-state index contributed by atoms with van der Waals surface area (Å²) in [6.45, 7) is -0.0900. The minimum atomic E-state index is -5.64. The first-order valence-corrected chi connectivity index (χ1v) is 9.20. The molecule has 1 unspecified atom stereocenters. The Morgan fingerprint density at radius 3 is 2.67 bits per heavy atom. The molecule has 2 aromatic rings. The van der Waals surface area contributed by atoms with Crippen molar-refractivity contribution in [2.75, 3.05) is 22.6 Å². The Morgan fingerprint density at radius 2 is 2.04 bits per heavy atom. The number of halogens is 2.